The molecule has 0 spiro atoms. The van der Waals surface area contributed by atoms with E-state index in [4.69, 9.17) is 0 Å². The predicted molar refractivity (Wildman–Crippen MR) is 66.5 cm³/mol. The Bertz CT molecular complexity index is 271. The Labute approximate surface area is 103 Å². The fourth-order valence-corrected chi connectivity index (χ4v) is 2.13. The summed E-state index contributed by atoms with van der Waals surface area (Å²) in [5, 5.41) is 5.55. The van der Waals surface area contributed by atoms with Crippen molar-refractivity contribution in [1.82, 2.24) is 15.5 Å². The largest absolute Gasteiger partial charge is 0.359 e. The minimum absolute atomic E-state index is 0.0680. The highest BCUT2D eigenvalue weighted by Gasteiger charge is 2.24. The van der Waals surface area contributed by atoms with E-state index in [9.17, 15) is 9.59 Å². The minimum Gasteiger partial charge on any atom is -0.359 e. The van der Waals surface area contributed by atoms with Crippen LogP contribution in [0.5, 0.6) is 0 Å². The molecular formula is C12H23N3O2. The van der Waals surface area contributed by atoms with Gasteiger partial charge in [0.15, 0.2) is 0 Å². The summed E-state index contributed by atoms with van der Waals surface area (Å²) in [4.78, 5) is 25.1. The van der Waals surface area contributed by atoms with Gasteiger partial charge in [0.1, 0.15) is 0 Å². The van der Waals surface area contributed by atoms with E-state index in [0.29, 0.717) is 6.54 Å². The molecule has 0 aromatic rings. The van der Waals surface area contributed by atoms with Crippen molar-refractivity contribution in [3.05, 3.63) is 0 Å². The summed E-state index contributed by atoms with van der Waals surface area (Å²) in [5.74, 6) is 0.305. The van der Waals surface area contributed by atoms with Gasteiger partial charge in [-0.2, -0.15) is 0 Å². The summed E-state index contributed by atoms with van der Waals surface area (Å²) in [6.07, 6.45) is 1.68. The quantitative estimate of drug-likeness (QED) is 0.726. The van der Waals surface area contributed by atoms with E-state index in [0.717, 1.165) is 25.9 Å². The van der Waals surface area contributed by atoms with Crippen LogP contribution in [-0.2, 0) is 9.59 Å². The van der Waals surface area contributed by atoms with Gasteiger partial charge >= 0.3 is 0 Å². The number of hydrogen-bond donors (Lipinski definition) is 2. The van der Waals surface area contributed by atoms with Crippen molar-refractivity contribution >= 4 is 11.8 Å². The van der Waals surface area contributed by atoms with Crippen LogP contribution in [0, 0.1) is 5.92 Å². The highest BCUT2D eigenvalue weighted by atomic mass is 16.2. The van der Waals surface area contributed by atoms with Gasteiger partial charge in [-0.1, -0.05) is 0 Å². The maximum absolute atomic E-state index is 11.6. The van der Waals surface area contributed by atoms with E-state index < -0.39 is 0 Å². The molecule has 0 bridgehead atoms. The third-order valence-electron chi connectivity index (χ3n) is 3.02. The molecule has 5 heteroatoms. The van der Waals surface area contributed by atoms with Gasteiger partial charge in [-0.05, 0) is 39.8 Å². The number of carbonyl (C=O) groups excluding carboxylic acids is 2. The summed E-state index contributed by atoms with van der Waals surface area (Å²) in [7, 11) is 1.67. The first kappa shape index (κ1) is 14.0. The maximum atomic E-state index is 11.6. The first-order valence-electron chi connectivity index (χ1n) is 6.26. The van der Waals surface area contributed by atoms with Crippen LogP contribution < -0.4 is 10.6 Å². The molecule has 1 aliphatic rings. The van der Waals surface area contributed by atoms with Gasteiger partial charge in [-0.3, -0.25) is 14.5 Å². The Hall–Kier alpha value is -1.10. The fourth-order valence-electron chi connectivity index (χ4n) is 2.13. The number of amides is 2. The zero-order valence-electron chi connectivity index (χ0n) is 11.0. The summed E-state index contributed by atoms with van der Waals surface area (Å²) in [6.45, 7) is 6.00. The molecule has 5 nitrogen and oxygen atoms in total. The van der Waals surface area contributed by atoms with Crippen LogP contribution in [0.15, 0.2) is 0 Å². The summed E-state index contributed by atoms with van der Waals surface area (Å²) < 4.78 is 0. The molecule has 17 heavy (non-hydrogen) atoms. The van der Waals surface area contributed by atoms with Gasteiger partial charge in [0, 0.05) is 19.0 Å². The van der Waals surface area contributed by atoms with Crippen molar-refractivity contribution in [3.63, 3.8) is 0 Å². The molecule has 1 rings (SSSR count). The van der Waals surface area contributed by atoms with Crippen LogP contribution in [0.2, 0.25) is 0 Å². The number of nitrogens with one attached hydrogen (secondary N) is 2. The zero-order chi connectivity index (χ0) is 12.8. The Morgan fingerprint density at radius 3 is 2.35 bits per heavy atom. The second-order valence-corrected chi connectivity index (χ2v) is 4.89. The lowest BCUT2D eigenvalue weighted by molar-refractivity contribution is -0.126. The Balaban J connectivity index is 2.27. The average molecular weight is 241 g/mol. The predicted octanol–water partition coefficient (Wildman–Crippen LogP) is -0.0310. The number of hydrogen-bond acceptors (Lipinski definition) is 3. The molecule has 1 aliphatic heterocycles. The second kappa shape index (κ2) is 6.59. The number of nitrogens with zero attached hydrogens (tertiary/aromatic N) is 1. The molecular weight excluding hydrogens is 218 g/mol. The lowest BCUT2D eigenvalue weighted by Gasteiger charge is -2.30. The second-order valence-electron chi connectivity index (χ2n) is 4.89. The smallest absolute Gasteiger partial charge is 0.234 e. The molecule has 2 amide bonds. The van der Waals surface area contributed by atoms with E-state index >= 15 is 0 Å². The molecule has 0 saturated carbocycles. The molecule has 1 heterocycles. The van der Waals surface area contributed by atoms with Crippen molar-refractivity contribution in [2.24, 2.45) is 5.92 Å². The average Bonchev–Trinajstić information content (AvgIpc) is 2.28. The van der Waals surface area contributed by atoms with E-state index in [1.807, 2.05) is 13.8 Å². The zero-order valence-corrected chi connectivity index (χ0v) is 11.0. The van der Waals surface area contributed by atoms with Gasteiger partial charge in [0.25, 0.3) is 0 Å². The van der Waals surface area contributed by atoms with E-state index in [2.05, 4.69) is 15.5 Å². The van der Waals surface area contributed by atoms with Crippen LogP contribution in [0.1, 0.15) is 26.7 Å². The summed E-state index contributed by atoms with van der Waals surface area (Å²) in [5.41, 5.74) is 0. The topological polar surface area (TPSA) is 61.4 Å². The van der Waals surface area contributed by atoms with E-state index in [1.54, 1.807) is 7.05 Å². The van der Waals surface area contributed by atoms with Crippen molar-refractivity contribution in [3.8, 4) is 0 Å². The number of likely N-dealkylation sites (tertiary alicyclic amines) is 1. The SMILES string of the molecule is CNC(=O)C1CCN(CC(=O)NC(C)C)CC1. The Morgan fingerprint density at radius 2 is 1.88 bits per heavy atom. The fraction of sp³-hybridized carbons (Fsp3) is 0.833. The number of rotatable bonds is 4. The van der Waals surface area contributed by atoms with E-state index in [1.165, 1.54) is 0 Å². The molecule has 98 valence electrons. The van der Waals surface area contributed by atoms with E-state index in [-0.39, 0.29) is 23.8 Å². The van der Waals surface area contributed by atoms with Crippen molar-refractivity contribution < 1.29 is 9.59 Å². The van der Waals surface area contributed by atoms with Crippen LogP contribution in [0.3, 0.4) is 0 Å². The number of piperidine rings is 1. The Morgan fingerprint density at radius 1 is 1.29 bits per heavy atom. The van der Waals surface area contributed by atoms with Crippen LogP contribution in [-0.4, -0.2) is 49.4 Å². The van der Waals surface area contributed by atoms with Crippen molar-refractivity contribution in [1.29, 1.82) is 0 Å². The molecule has 0 aromatic carbocycles. The van der Waals surface area contributed by atoms with Crippen LogP contribution in [0.4, 0.5) is 0 Å². The highest BCUT2D eigenvalue weighted by molar-refractivity contribution is 5.79. The third-order valence-corrected chi connectivity index (χ3v) is 3.02. The lowest BCUT2D eigenvalue weighted by Crippen LogP contribution is -2.45. The third kappa shape index (κ3) is 4.73. The molecule has 1 saturated heterocycles. The van der Waals surface area contributed by atoms with Gasteiger partial charge in [-0.25, -0.2) is 0 Å². The van der Waals surface area contributed by atoms with Gasteiger partial charge in [0.2, 0.25) is 11.8 Å². The van der Waals surface area contributed by atoms with Crippen molar-refractivity contribution in [2.75, 3.05) is 26.7 Å². The maximum Gasteiger partial charge on any atom is 0.234 e. The number of carbonyl (C=O) groups is 2. The van der Waals surface area contributed by atoms with Gasteiger partial charge in [-0.15, -0.1) is 0 Å². The summed E-state index contributed by atoms with van der Waals surface area (Å²) in [6, 6.07) is 0.186. The molecule has 0 atom stereocenters. The molecule has 0 unspecified atom stereocenters. The van der Waals surface area contributed by atoms with Crippen LogP contribution in [0.25, 0.3) is 0 Å². The first-order chi connectivity index (χ1) is 8.02. The minimum atomic E-state index is 0.0680. The van der Waals surface area contributed by atoms with Crippen molar-refractivity contribution in [2.45, 2.75) is 32.7 Å². The molecule has 1 fully saturated rings. The van der Waals surface area contributed by atoms with Gasteiger partial charge < -0.3 is 10.6 Å². The first-order valence-corrected chi connectivity index (χ1v) is 6.26. The molecule has 0 aromatic heterocycles. The van der Waals surface area contributed by atoms with Crippen LogP contribution >= 0.6 is 0 Å². The summed E-state index contributed by atoms with van der Waals surface area (Å²) >= 11 is 0. The molecule has 0 aliphatic carbocycles. The standard InChI is InChI=1S/C12H23N3O2/c1-9(2)14-11(16)8-15-6-4-10(5-7-15)12(17)13-3/h9-10H,4-8H2,1-3H3,(H,13,17)(H,14,16). The molecule has 2 N–H and O–H groups in total. The van der Waals surface area contributed by atoms with Gasteiger partial charge in [0.05, 0.1) is 6.54 Å². The Kier molecular flexibility index (Phi) is 5.41. The lowest BCUT2D eigenvalue weighted by atomic mass is 9.96. The highest BCUT2D eigenvalue weighted by Crippen LogP contribution is 2.16. The molecule has 0 radical (unpaired) electrons. The monoisotopic (exact) mass is 241 g/mol. The normalized spacial score (nSPS) is 18.1.